The topological polar surface area (TPSA) is 84.0 Å². The number of aromatic nitrogens is 4. The molecule has 1 aliphatic heterocycles. The van der Waals surface area contributed by atoms with Gasteiger partial charge in [0.1, 0.15) is 5.65 Å². The highest BCUT2D eigenvalue weighted by Gasteiger charge is 2.26. The van der Waals surface area contributed by atoms with Crippen LogP contribution >= 0.6 is 0 Å². The van der Waals surface area contributed by atoms with Gasteiger partial charge in [-0.15, -0.1) is 5.10 Å². The number of fused-ring (bicyclic) bond motifs is 1. The molecule has 1 N–H and O–H groups in total. The fourth-order valence-corrected chi connectivity index (χ4v) is 3.61. The van der Waals surface area contributed by atoms with E-state index < -0.39 is 0 Å². The molecular weight excluding hydrogens is 366 g/mol. The zero-order chi connectivity index (χ0) is 20.4. The Morgan fingerprint density at radius 1 is 1.21 bits per heavy atom. The summed E-state index contributed by atoms with van der Waals surface area (Å²) in [7, 11) is 0. The summed E-state index contributed by atoms with van der Waals surface area (Å²) in [5, 5.41) is 9.33. The molecule has 0 aromatic carbocycles. The molecule has 3 aromatic rings. The van der Waals surface area contributed by atoms with E-state index in [0.29, 0.717) is 24.0 Å². The summed E-state index contributed by atoms with van der Waals surface area (Å²) in [6.45, 7) is 8.39. The molecule has 1 amide bonds. The third-order valence-corrected chi connectivity index (χ3v) is 5.46. The van der Waals surface area contributed by atoms with Crippen LogP contribution in [0.15, 0.2) is 36.7 Å². The molecule has 0 atom stereocenters. The number of ether oxygens (including phenoxy) is 1. The van der Waals surface area contributed by atoms with Crippen molar-refractivity contribution in [2.45, 2.75) is 39.0 Å². The van der Waals surface area contributed by atoms with Gasteiger partial charge in [0.25, 0.3) is 5.91 Å². The average Bonchev–Trinajstić information content (AvgIpc) is 3.16. The summed E-state index contributed by atoms with van der Waals surface area (Å²) in [5.74, 6) is 1.03. The second kappa shape index (κ2) is 7.81. The fourth-order valence-electron chi connectivity index (χ4n) is 3.61. The molecule has 7 nitrogen and oxygen atoms in total. The molecule has 0 saturated carbocycles. The Bertz CT molecular complexity index is 982. The third-order valence-electron chi connectivity index (χ3n) is 5.46. The van der Waals surface area contributed by atoms with E-state index in [-0.39, 0.29) is 11.3 Å². The maximum absolute atomic E-state index is 12.9. The van der Waals surface area contributed by atoms with E-state index in [1.807, 2.05) is 29.2 Å². The van der Waals surface area contributed by atoms with Crippen molar-refractivity contribution in [3.05, 3.63) is 47.9 Å². The molecule has 0 spiro atoms. The van der Waals surface area contributed by atoms with Crippen molar-refractivity contribution in [2.75, 3.05) is 19.7 Å². The van der Waals surface area contributed by atoms with Crippen molar-refractivity contribution >= 4 is 16.9 Å². The molecular formula is C22H27N5O2. The van der Waals surface area contributed by atoms with Gasteiger partial charge in [-0.3, -0.25) is 4.79 Å². The van der Waals surface area contributed by atoms with E-state index in [1.54, 1.807) is 12.4 Å². The number of carbonyl (C=O) groups excluding carboxylic acids is 1. The van der Waals surface area contributed by atoms with Crippen molar-refractivity contribution in [3.8, 4) is 5.88 Å². The lowest BCUT2D eigenvalue weighted by atomic mass is 9.92. The van der Waals surface area contributed by atoms with Gasteiger partial charge in [0.05, 0.1) is 17.9 Å². The van der Waals surface area contributed by atoms with Crippen LogP contribution in [0.5, 0.6) is 5.88 Å². The van der Waals surface area contributed by atoms with Gasteiger partial charge < -0.3 is 14.6 Å². The van der Waals surface area contributed by atoms with Gasteiger partial charge in [0, 0.05) is 42.4 Å². The molecule has 7 heteroatoms. The predicted octanol–water partition coefficient (Wildman–Crippen LogP) is 3.58. The third kappa shape index (κ3) is 4.23. The molecule has 3 aromatic heterocycles. The normalized spacial score (nSPS) is 15.6. The molecule has 0 aliphatic carbocycles. The van der Waals surface area contributed by atoms with Gasteiger partial charge in [-0.1, -0.05) is 20.8 Å². The van der Waals surface area contributed by atoms with E-state index in [4.69, 9.17) is 4.74 Å². The van der Waals surface area contributed by atoms with Crippen LogP contribution in [0, 0.1) is 5.92 Å². The number of hydrogen-bond donors (Lipinski definition) is 1. The van der Waals surface area contributed by atoms with Crippen molar-refractivity contribution in [1.29, 1.82) is 0 Å². The van der Waals surface area contributed by atoms with Crippen LogP contribution < -0.4 is 4.74 Å². The van der Waals surface area contributed by atoms with E-state index in [0.717, 1.165) is 42.7 Å². The van der Waals surface area contributed by atoms with Crippen molar-refractivity contribution in [3.63, 3.8) is 0 Å². The minimum absolute atomic E-state index is 0.0221. The molecule has 0 radical (unpaired) electrons. The monoisotopic (exact) mass is 393 g/mol. The Balaban J connectivity index is 1.30. The maximum atomic E-state index is 12.9. The highest BCUT2D eigenvalue weighted by atomic mass is 16.5. The molecule has 152 valence electrons. The summed E-state index contributed by atoms with van der Waals surface area (Å²) in [4.78, 5) is 22.2. The van der Waals surface area contributed by atoms with Gasteiger partial charge in [0.15, 0.2) is 0 Å². The smallest absolute Gasteiger partial charge is 0.256 e. The van der Waals surface area contributed by atoms with Crippen LogP contribution in [0.2, 0.25) is 0 Å². The van der Waals surface area contributed by atoms with Crippen LogP contribution in [0.25, 0.3) is 11.0 Å². The molecule has 29 heavy (non-hydrogen) atoms. The van der Waals surface area contributed by atoms with Gasteiger partial charge >= 0.3 is 0 Å². The molecule has 0 unspecified atom stereocenters. The number of carbonyl (C=O) groups is 1. The number of nitrogens with one attached hydrogen (secondary N) is 1. The molecule has 0 bridgehead atoms. The SMILES string of the molecule is CC(C)(C)c1ccc(OCC2CCN(C(=O)c3c[nH]c4ncccc34)CC2)nn1. The number of H-pyrrole nitrogens is 1. The lowest BCUT2D eigenvalue weighted by Gasteiger charge is -2.31. The molecule has 1 aliphatic rings. The maximum Gasteiger partial charge on any atom is 0.256 e. The van der Waals surface area contributed by atoms with Crippen LogP contribution in [-0.2, 0) is 5.41 Å². The highest BCUT2D eigenvalue weighted by Crippen LogP contribution is 2.24. The fraction of sp³-hybridized carbons (Fsp3) is 0.455. The second-order valence-corrected chi connectivity index (χ2v) is 8.66. The van der Waals surface area contributed by atoms with Crippen LogP contribution in [0.1, 0.15) is 49.7 Å². The Kier molecular flexibility index (Phi) is 5.22. The number of hydrogen-bond acceptors (Lipinski definition) is 5. The van der Waals surface area contributed by atoms with E-state index >= 15 is 0 Å². The molecule has 4 rings (SSSR count). The highest BCUT2D eigenvalue weighted by molar-refractivity contribution is 6.05. The molecule has 1 fully saturated rings. The van der Waals surface area contributed by atoms with Gasteiger partial charge in [-0.25, -0.2) is 4.98 Å². The van der Waals surface area contributed by atoms with Gasteiger partial charge in [-0.05, 0) is 37.0 Å². The first-order valence-electron chi connectivity index (χ1n) is 10.1. The first-order chi connectivity index (χ1) is 13.9. The summed E-state index contributed by atoms with van der Waals surface area (Å²) in [5.41, 5.74) is 2.37. The number of likely N-dealkylation sites (tertiary alicyclic amines) is 1. The number of pyridine rings is 1. The predicted molar refractivity (Wildman–Crippen MR) is 111 cm³/mol. The average molecular weight is 393 g/mol. The number of amides is 1. The zero-order valence-electron chi connectivity index (χ0n) is 17.2. The van der Waals surface area contributed by atoms with Crippen LogP contribution in [0.3, 0.4) is 0 Å². The number of rotatable bonds is 4. The van der Waals surface area contributed by atoms with E-state index in [9.17, 15) is 4.79 Å². The lowest BCUT2D eigenvalue weighted by Crippen LogP contribution is -2.39. The minimum atomic E-state index is -0.0221. The lowest BCUT2D eigenvalue weighted by molar-refractivity contribution is 0.0661. The van der Waals surface area contributed by atoms with Crippen molar-refractivity contribution < 1.29 is 9.53 Å². The Morgan fingerprint density at radius 3 is 2.69 bits per heavy atom. The van der Waals surface area contributed by atoms with Gasteiger partial charge in [0.2, 0.25) is 5.88 Å². The largest absolute Gasteiger partial charge is 0.476 e. The van der Waals surface area contributed by atoms with E-state index in [1.165, 1.54) is 0 Å². The van der Waals surface area contributed by atoms with Crippen LogP contribution in [-0.4, -0.2) is 50.7 Å². The first-order valence-corrected chi connectivity index (χ1v) is 10.1. The Hall–Kier alpha value is -2.96. The summed E-state index contributed by atoms with van der Waals surface area (Å²) < 4.78 is 5.85. The Labute approximate surface area is 170 Å². The number of nitrogens with zero attached hydrogens (tertiary/aromatic N) is 4. The Morgan fingerprint density at radius 2 is 2.00 bits per heavy atom. The minimum Gasteiger partial charge on any atom is -0.476 e. The van der Waals surface area contributed by atoms with Crippen molar-refractivity contribution in [1.82, 2.24) is 25.1 Å². The first kappa shape index (κ1) is 19.4. The number of aromatic amines is 1. The summed E-state index contributed by atoms with van der Waals surface area (Å²) in [6, 6.07) is 7.64. The van der Waals surface area contributed by atoms with E-state index in [2.05, 4.69) is 40.9 Å². The van der Waals surface area contributed by atoms with Crippen LogP contribution in [0.4, 0.5) is 0 Å². The number of piperidine rings is 1. The standard InChI is InChI=1S/C22H27N5O2/c1-22(2,3)18-6-7-19(26-25-18)29-14-15-8-11-27(12-9-15)21(28)17-13-24-20-16(17)5-4-10-23-20/h4-7,10,13,15H,8-9,11-12,14H2,1-3H3,(H,23,24). The quantitative estimate of drug-likeness (QED) is 0.732. The second-order valence-electron chi connectivity index (χ2n) is 8.66. The summed E-state index contributed by atoms with van der Waals surface area (Å²) >= 11 is 0. The molecule has 4 heterocycles. The van der Waals surface area contributed by atoms with Crippen molar-refractivity contribution in [2.24, 2.45) is 5.92 Å². The summed E-state index contributed by atoms with van der Waals surface area (Å²) in [6.07, 6.45) is 5.31. The van der Waals surface area contributed by atoms with Gasteiger partial charge in [-0.2, -0.15) is 5.10 Å². The zero-order valence-corrected chi connectivity index (χ0v) is 17.2. The molecule has 1 saturated heterocycles.